The van der Waals surface area contributed by atoms with Gasteiger partial charge in [0.2, 0.25) is 0 Å². The minimum atomic E-state index is 0.242. The molecule has 1 aromatic carbocycles. The second kappa shape index (κ2) is 5.49. The Morgan fingerprint density at radius 1 is 1.39 bits per heavy atom. The van der Waals surface area contributed by atoms with E-state index in [0.29, 0.717) is 5.69 Å². The fraction of sp³-hybridized carbons (Fsp3) is 0.286. The fourth-order valence-corrected chi connectivity index (χ4v) is 1.85. The van der Waals surface area contributed by atoms with E-state index in [0.717, 1.165) is 23.6 Å². The number of hydrogen-bond donors (Lipinski definition) is 2. The lowest BCUT2D eigenvalue weighted by atomic mass is 10.1. The molecule has 0 saturated heterocycles. The van der Waals surface area contributed by atoms with Crippen LogP contribution >= 0.6 is 0 Å². The van der Waals surface area contributed by atoms with Gasteiger partial charge < -0.3 is 20.2 Å². The van der Waals surface area contributed by atoms with E-state index < -0.39 is 0 Å². The Morgan fingerprint density at radius 2 is 2.22 bits per heavy atom. The SMILES string of the molecule is COc1ccc(NC(C)Cc2ccco2)c(N)c1. The second-order valence-electron chi connectivity index (χ2n) is 4.28. The molecular weight excluding hydrogens is 228 g/mol. The first-order valence-electron chi connectivity index (χ1n) is 5.91. The van der Waals surface area contributed by atoms with Gasteiger partial charge >= 0.3 is 0 Å². The molecule has 2 aromatic rings. The molecule has 0 aliphatic carbocycles. The van der Waals surface area contributed by atoms with Gasteiger partial charge in [0.15, 0.2) is 0 Å². The number of nitrogens with one attached hydrogen (secondary N) is 1. The summed E-state index contributed by atoms with van der Waals surface area (Å²) in [6, 6.07) is 9.72. The monoisotopic (exact) mass is 246 g/mol. The highest BCUT2D eigenvalue weighted by atomic mass is 16.5. The van der Waals surface area contributed by atoms with E-state index in [1.807, 2.05) is 30.3 Å². The topological polar surface area (TPSA) is 60.4 Å². The first-order valence-corrected chi connectivity index (χ1v) is 5.91. The molecule has 3 N–H and O–H groups in total. The third kappa shape index (κ3) is 2.97. The number of furan rings is 1. The van der Waals surface area contributed by atoms with Gasteiger partial charge in [0.1, 0.15) is 11.5 Å². The van der Waals surface area contributed by atoms with Gasteiger partial charge in [0.25, 0.3) is 0 Å². The molecule has 4 nitrogen and oxygen atoms in total. The van der Waals surface area contributed by atoms with Crippen molar-refractivity contribution in [1.82, 2.24) is 0 Å². The molecule has 1 aromatic heterocycles. The van der Waals surface area contributed by atoms with Crippen LogP contribution in [-0.2, 0) is 6.42 Å². The molecule has 0 aliphatic rings. The van der Waals surface area contributed by atoms with Crippen molar-refractivity contribution in [3.8, 4) is 5.75 Å². The van der Waals surface area contributed by atoms with Gasteiger partial charge in [-0.05, 0) is 31.2 Å². The predicted molar refractivity (Wildman–Crippen MR) is 72.9 cm³/mol. The Labute approximate surface area is 107 Å². The number of benzene rings is 1. The van der Waals surface area contributed by atoms with Crippen molar-refractivity contribution in [3.05, 3.63) is 42.4 Å². The van der Waals surface area contributed by atoms with E-state index in [1.54, 1.807) is 13.4 Å². The van der Waals surface area contributed by atoms with Crippen molar-refractivity contribution in [1.29, 1.82) is 0 Å². The summed E-state index contributed by atoms with van der Waals surface area (Å²) in [5, 5.41) is 3.36. The van der Waals surface area contributed by atoms with Crippen molar-refractivity contribution >= 4 is 11.4 Å². The lowest BCUT2D eigenvalue weighted by Crippen LogP contribution is -2.18. The van der Waals surface area contributed by atoms with Gasteiger partial charge in [0.05, 0.1) is 24.7 Å². The van der Waals surface area contributed by atoms with Crippen LogP contribution in [0, 0.1) is 0 Å². The van der Waals surface area contributed by atoms with Crippen LogP contribution in [0.25, 0.3) is 0 Å². The summed E-state index contributed by atoms with van der Waals surface area (Å²) in [6.07, 6.45) is 2.50. The third-order valence-corrected chi connectivity index (χ3v) is 2.75. The number of hydrogen-bond acceptors (Lipinski definition) is 4. The molecule has 0 saturated carbocycles. The maximum Gasteiger partial charge on any atom is 0.121 e. The number of anilines is 2. The fourth-order valence-electron chi connectivity index (χ4n) is 1.85. The molecule has 0 amide bonds. The number of nitrogens with two attached hydrogens (primary N) is 1. The van der Waals surface area contributed by atoms with Gasteiger partial charge in [0, 0.05) is 18.5 Å². The Hall–Kier alpha value is -2.10. The molecule has 0 spiro atoms. The van der Waals surface area contributed by atoms with Crippen molar-refractivity contribution in [2.24, 2.45) is 0 Å². The molecule has 0 aliphatic heterocycles. The van der Waals surface area contributed by atoms with E-state index in [9.17, 15) is 0 Å². The minimum Gasteiger partial charge on any atom is -0.497 e. The summed E-state index contributed by atoms with van der Waals surface area (Å²) in [7, 11) is 1.63. The summed E-state index contributed by atoms with van der Waals surface area (Å²) >= 11 is 0. The summed E-state index contributed by atoms with van der Waals surface area (Å²) in [5.74, 6) is 1.72. The smallest absolute Gasteiger partial charge is 0.121 e. The highest BCUT2D eigenvalue weighted by Crippen LogP contribution is 2.25. The molecular formula is C14H18N2O2. The number of nitrogen functional groups attached to an aromatic ring is 1. The van der Waals surface area contributed by atoms with E-state index >= 15 is 0 Å². The van der Waals surface area contributed by atoms with Crippen molar-refractivity contribution in [2.45, 2.75) is 19.4 Å². The summed E-state index contributed by atoms with van der Waals surface area (Å²) in [6.45, 7) is 2.09. The van der Waals surface area contributed by atoms with Crippen LogP contribution in [0.1, 0.15) is 12.7 Å². The Bertz CT molecular complexity index is 495. The number of ether oxygens (including phenoxy) is 1. The summed E-state index contributed by atoms with van der Waals surface area (Å²) < 4.78 is 10.4. The summed E-state index contributed by atoms with van der Waals surface area (Å²) in [5.41, 5.74) is 7.55. The largest absolute Gasteiger partial charge is 0.497 e. The van der Waals surface area contributed by atoms with E-state index in [4.69, 9.17) is 14.9 Å². The average molecular weight is 246 g/mol. The molecule has 0 radical (unpaired) electrons. The second-order valence-corrected chi connectivity index (χ2v) is 4.28. The van der Waals surface area contributed by atoms with Crippen molar-refractivity contribution < 1.29 is 9.15 Å². The molecule has 4 heteroatoms. The first kappa shape index (κ1) is 12.4. The maximum absolute atomic E-state index is 5.95. The van der Waals surface area contributed by atoms with Crippen LogP contribution < -0.4 is 15.8 Å². The van der Waals surface area contributed by atoms with Crippen LogP contribution in [0.15, 0.2) is 41.0 Å². The van der Waals surface area contributed by atoms with Gasteiger partial charge in [-0.3, -0.25) is 0 Å². The zero-order valence-electron chi connectivity index (χ0n) is 10.6. The van der Waals surface area contributed by atoms with Gasteiger partial charge in [-0.2, -0.15) is 0 Å². The normalized spacial score (nSPS) is 12.1. The highest BCUT2D eigenvalue weighted by molar-refractivity contribution is 5.68. The minimum absolute atomic E-state index is 0.242. The van der Waals surface area contributed by atoms with E-state index in [2.05, 4.69) is 12.2 Å². The maximum atomic E-state index is 5.95. The van der Waals surface area contributed by atoms with E-state index in [-0.39, 0.29) is 6.04 Å². The lowest BCUT2D eigenvalue weighted by Gasteiger charge is -2.16. The first-order chi connectivity index (χ1) is 8.69. The average Bonchev–Trinajstić information content (AvgIpc) is 2.84. The standard InChI is InChI=1S/C14H18N2O2/c1-10(8-12-4-3-7-18-12)16-14-6-5-11(17-2)9-13(14)15/h3-7,9-10,16H,8,15H2,1-2H3. The Kier molecular flexibility index (Phi) is 3.77. The molecule has 1 heterocycles. The number of methoxy groups -OCH3 is 1. The van der Waals surface area contributed by atoms with Gasteiger partial charge in [-0.1, -0.05) is 0 Å². The molecule has 18 heavy (non-hydrogen) atoms. The van der Waals surface area contributed by atoms with Gasteiger partial charge in [-0.25, -0.2) is 0 Å². The molecule has 1 atom stereocenters. The zero-order valence-corrected chi connectivity index (χ0v) is 10.6. The van der Waals surface area contributed by atoms with Crippen LogP contribution in [0.2, 0.25) is 0 Å². The summed E-state index contributed by atoms with van der Waals surface area (Å²) in [4.78, 5) is 0. The predicted octanol–water partition coefficient (Wildman–Crippen LogP) is 2.91. The zero-order chi connectivity index (χ0) is 13.0. The van der Waals surface area contributed by atoms with Crippen LogP contribution in [0.3, 0.4) is 0 Å². The molecule has 96 valence electrons. The molecule has 2 rings (SSSR count). The Balaban J connectivity index is 2.00. The Morgan fingerprint density at radius 3 is 2.83 bits per heavy atom. The van der Waals surface area contributed by atoms with Crippen LogP contribution in [-0.4, -0.2) is 13.2 Å². The van der Waals surface area contributed by atoms with Crippen LogP contribution in [0.4, 0.5) is 11.4 Å². The van der Waals surface area contributed by atoms with Crippen LogP contribution in [0.5, 0.6) is 5.75 Å². The third-order valence-electron chi connectivity index (χ3n) is 2.75. The number of rotatable bonds is 5. The van der Waals surface area contributed by atoms with Crippen molar-refractivity contribution in [2.75, 3.05) is 18.2 Å². The molecule has 0 fully saturated rings. The van der Waals surface area contributed by atoms with Crippen molar-refractivity contribution in [3.63, 3.8) is 0 Å². The highest BCUT2D eigenvalue weighted by Gasteiger charge is 2.08. The quantitative estimate of drug-likeness (QED) is 0.796. The molecule has 0 bridgehead atoms. The van der Waals surface area contributed by atoms with E-state index in [1.165, 1.54) is 0 Å². The molecule has 1 unspecified atom stereocenters. The van der Waals surface area contributed by atoms with Gasteiger partial charge in [-0.15, -0.1) is 0 Å². The lowest BCUT2D eigenvalue weighted by molar-refractivity contribution is 0.415.